The molecule has 0 spiro atoms. The molecule has 0 bridgehead atoms. The predicted molar refractivity (Wildman–Crippen MR) is 39.5 cm³/mol. The second-order valence-electron chi connectivity index (χ2n) is 2.04. The fraction of sp³-hybridized carbons (Fsp3) is 0. The molecule has 1 aliphatic heterocycles. The SMILES string of the molecule is C1=NN=NOc2ccccc21. The van der Waals surface area contributed by atoms with Crippen LogP contribution < -0.4 is 4.84 Å². The molecule has 0 radical (unpaired) electrons. The summed E-state index contributed by atoms with van der Waals surface area (Å²) >= 11 is 0. The van der Waals surface area contributed by atoms with Gasteiger partial charge in [-0.2, -0.15) is 0 Å². The summed E-state index contributed by atoms with van der Waals surface area (Å²) in [5.41, 5.74) is 0.887. The second kappa shape index (κ2) is 2.49. The van der Waals surface area contributed by atoms with Crippen molar-refractivity contribution in [3.05, 3.63) is 29.8 Å². The summed E-state index contributed by atoms with van der Waals surface area (Å²) in [7, 11) is 0. The van der Waals surface area contributed by atoms with Gasteiger partial charge in [-0.3, -0.25) is 0 Å². The van der Waals surface area contributed by atoms with Gasteiger partial charge in [0.15, 0.2) is 5.75 Å². The first kappa shape index (κ1) is 6.03. The van der Waals surface area contributed by atoms with Crippen LogP contribution in [0.2, 0.25) is 0 Å². The minimum atomic E-state index is 0.678. The molecule has 1 aromatic carbocycles. The number of para-hydroxylation sites is 1. The van der Waals surface area contributed by atoms with E-state index in [1.165, 1.54) is 0 Å². The van der Waals surface area contributed by atoms with E-state index in [2.05, 4.69) is 15.6 Å². The fourth-order valence-electron chi connectivity index (χ4n) is 0.842. The van der Waals surface area contributed by atoms with E-state index < -0.39 is 0 Å². The van der Waals surface area contributed by atoms with Gasteiger partial charge < -0.3 is 4.84 Å². The van der Waals surface area contributed by atoms with Crippen molar-refractivity contribution >= 4 is 6.21 Å². The summed E-state index contributed by atoms with van der Waals surface area (Å²) in [5, 5.41) is 10.3. The van der Waals surface area contributed by atoms with Crippen LogP contribution in [0, 0.1) is 0 Å². The summed E-state index contributed by atoms with van der Waals surface area (Å²) < 4.78 is 0. The van der Waals surface area contributed by atoms with Crippen LogP contribution in [0.3, 0.4) is 0 Å². The molecule has 0 unspecified atom stereocenters. The van der Waals surface area contributed by atoms with Gasteiger partial charge in [0, 0.05) is 5.56 Å². The lowest BCUT2D eigenvalue weighted by atomic mass is 10.2. The normalized spacial score (nSPS) is 13.5. The number of hydrogen-bond donors (Lipinski definition) is 0. The van der Waals surface area contributed by atoms with Gasteiger partial charge >= 0.3 is 0 Å². The van der Waals surface area contributed by atoms with Crippen molar-refractivity contribution in [2.45, 2.75) is 0 Å². The number of fused-ring (bicyclic) bond motifs is 1. The first-order valence-electron chi connectivity index (χ1n) is 3.16. The molecule has 4 nitrogen and oxygen atoms in total. The van der Waals surface area contributed by atoms with Crippen LogP contribution in [0.1, 0.15) is 5.56 Å². The van der Waals surface area contributed by atoms with Crippen LogP contribution in [0.4, 0.5) is 0 Å². The Hall–Kier alpha value is -1.71. The molecule has 2 rings (SSSR count). The molecule has 54 valence electrons. The van der Waals surface area contributed by atoms with E-state index in [1.807, 2.05) is 24.3 Å². The van der Waals surface area contributed by atoms with Gasteiger partial charge in [0.2, 0.25) is 0 Å². The van der Waals surface area contributed by atoms with Crippen molar-refractivity contribution in [3.8, 4) is 5.75 Å². The zero-order chi connectivity index (χ0) is 7.52. The third-order valence-corrected chi connectivity index (χ3v) is 1.34. The Morgan fingerprint density at radius 3 is 3.09 bits per heavy atom. The number of benzene rings is 1. The fourth-order valence-corrected chi connectivity index (χ4v) is 0.842. The maximum absolute atomic E-state index is 4.88. The molecule has 0 aromatic heterocycles. The van der Waals surface area contributed by atoms with Crippen molar-refractivity contribution in [2.75, 3.05) is 0 Å². The molecule has 0 fully saturated rings. The van der Waals surface area contributed by atoms with E-state index in [0.717, 1.165) is 5.56 Å². The summed E-state index contributed by atoms with van der Waals surface area (Å²) in [6, 6.07) is 7.47. The van der Waals surface area contributed by atoms with E-state index in [-0.39, 0.29) is 0 Å². The molecule has 0 amide bonds. The highest BCUT2D eigenvalue weighted by Crippen LogP contribution is 2.17. The maximum Gasteiger partial charge on any atom is 0.168 e. The minimum absolute atomic E-state index is 0.678. The number of hydrogen-bond acceptors (Lipinski definition) is 4. The van der Waals surface area contributed by atoms with Crippen molar-refractivity contribution in [1.29, 1.82) is 0 Å². The van der Waals surface area contributed by atoms with Crippen LogP contribution in [0.15, 0.2) is 39.9 Å². The monoisotopic (exact) mass is 147 g/mol. The summed E-state index contributed by atoms with van der Waals surface area (Å²) in [6.07, 6.45) is 1.60. The van der Waals surface area contributed by atoms with Crippen LogP contribution >= 0.6 is 0 Å². The van der Waals surface area contributed by atoms with Crippen molar-refractivity contribution in [3.63, 3.8) is 0 Å². The molecule has 0 aliphatic carbocycles. The highest BCUT2D eigenvalue weighted by Gasteiger charge is 2.01. The molecule has 1 heterocycles. The second-order valence-corrected chi connectivity index (χ2v) is 2.04. The van der Waals surface area contributed by atoms with Crippen molar-refractivity contribution in [2.24, 2.45) is 15.6 Å². The quantitative estimate of drug-likeness (QED) is 0.551. The van der Waals surface area contributed by atoms with Gasteiger partial charge in [-0.15, -0.1) is 5.10 Å². The Labute approximate surface area is 63.2 Å². The molecule has 0 saturated carbocycles. The third kappa shape index (κ3) is 1.10. The van der Waals surface area contributed by atoms with Crippen molar-refractivity contribution in [1.82, 2.24) is 0 Å². The van der Waals surface area contributed by atoms with E-state index in [1.54, 1.807) is 6.21 Å². The minimum Gasteiger partial charge on any atom is -0.337 e. The topological polar surface area (TPSA) is 46.3 Å². The lowest BCUT2D eigenvalue weighted by Crippen LogP contribution is -1.85. The Morgan fingerprint density at radius 2 is 2.09 bits per heavy atom. The average Bonchev–Trinajstić information content (AvgIpc) is 2.28. The Kier molecular flexibility index (Phi) is 1.37. The first-order chi connectivity index (χ1) is 5.47. The Bertz CT molecular complexity index is 319. The Morgan fingerprint density at radius 1 is 1.18 bits per heavy atom. The smallest absolute Gasteiger partial charge is 0.168 e. The van der Waals surface area contributed by atoms with Gasteiger partial charge in [-0.05, 0) is 17.4 Å². The standard InChI is InChI=1S/C7H5N3O/c1-2-4-7-6(3-1)5-8-9-10-11-7/h1-5H. The molecule has 4 heteroatoms. The van der Waals surface area contributed by atoms with Crippen molar-refractivity contribution < 1.29 is 4.84 Å². The van der Waals surface area contributed by atoms with E-state index in [9.17, 15) is 0 Å². The lowest BCUT2D eigenvalue weighted by molar-refractivity contribution is 0.308. The van der Waals surface area contributed by atoms with E-state index in [4.69, 9.17) is 4.84 Å². The van der Waals surface area contributed by atoms with Crippen LogP contribution in [-0.4, -0.2) is 6.21 Å². The molecule has 0 saturated heterocycles. The molecule has 0 N–H and O–H groups in total. The molecule has 1 aromatic rings. The lowest BCUT2D eigenvalue weighted by Gasteiger charge is -1.96. The molecule has 0 atom stereocenters. The van der Waals surface area contributed by atoms with Gasteiger partial charge in [0.1, 0.15) is 0 Å². The van der Waals surface area contributed by atoms with E-state index >= 15 is 0 Å². The molecule has 11 heavy (non-hydrogen) atoms. The van der Waals surface area contributed by atoms with Gasteiger partial charge in [0.05, 0.1) is 11.5 Å². The largest absolute Gasteiger partial charge is 0.337 e. The molecule has 1 aliphatic rings. The highest BCUT2D eigenvalue weighted by atomic mass is 16.6. The third-order valence-electron chi connectivity index (χ3n) is 1.34. The number of rotatable bonds is 0. The van der Waals surface area contributed by atoms with Gasteiger partial charge in [-0.25, -0.2) is 0 Å². The highest BCUT2D eigenvalue weighted by molar-refractivity contribution is 5.83. The Balaban J connectivity index is 2.52. The zero-order valence-corrected chi connectivity index (χ0v) is 5.64. The summed E-state index contributed by atoms with van der Waals surface area (Å²) in [4.78, 5) is 4.88. The van der Waals surface area contributed by atoms with Crippen LogP contribution in [-0.2, 0) is 0 Å². The predicted octanol–water partition coefficient (Wildman–Crippen LogP) is 1.78. The maximum atomic E-state index is 4.88. The van der Waals surface area contributed by atoms with E-state index in [0.29, 0.717) is 5.75 Å². The van der Waals surface area contributed by atoms with Gasteiger partial charge in [0.25, 0.3) is 0 Å². The zero-order valence-electron chi connectivity index (χ0n) is 5.64. The van der Waals surface area contributed by atoms with Gasteiger partial charge in [-0.1, -0.05) is 12.1 Å². The first-order valence-corrected chi connectivity index (χ1v) is 3.16. The average molecular weight is 147 g/mol. The van der Waals surface area contributed by atoms with Crippen LogP contribution in [0.5, 0.6) is 5.75 Å². The molecular weight excluding hydrogens is 142 g/mol. The summed E-state index contributed by atoms with van der Waals surface area (Å²) in [5.74, 6) is 0.678. The molecular formula is C7H5N3O. The summed E-state index contributed by atoms with van der Waals surface area (Å²) in [6.45, 7) is 0. The van der Waals surface area contributed by atoms with Crippen LogP contribution in [0.25, 0.3) is 0 Å². The number of nitrogens with zero attached hydrogens (tertiary/aromatic N) is 3.